The standard InChI is InChI=1S/C21H21BrN8O2/c1-11(20(31)29-9-14-6-13(29)10-32-14)24-21-25-17-15(4-3-5-16(17)22)19-26-18(27-30(19)21)12-7-23-28(2)8-12/h3-5,7-8,11,13-14H,6,9-10H2,1-2H3,(H,24,25)/t11-,13+,14+/m1/s1. The number of aromatic nitrogens is 6. The molecule has 1 N–H and O–H groups in total. The van der Waals surface area contributed by atoms with E-state index in [-0.39, 0.29) is 18.1 Å². The number of nitrogens with one attached hydrogen (secondary N) is 1. The first-order valence-corrected chi connectivity index (χ1v) is 11.3. The Kier molecular flexibility index (Phi) is 4.44. The van der Waals surface area contributed by atoms with Crippen molar-refractivity contribution in [2.45, 2.75) is 31.5 Å². The Morgan fingerprint density at radius 1 is 1.34 bits per heavy atom. The molecular weight excluding hydrogens is 476 g/mol. The molecule has 32 heavy (non-hydrogen) atoms. The quantitative estimate of drug-likeness (QED) is 0.462. The van der Waals surface area contributed by atoms with Crippen LogP contribution in [0.2, 0.25) is 0 Å². The molecule has 4 aromatic rings. The maximum atomic E-state index is 13.2. The van der Waals surface area contributed by atoms with Crippen LogP contribution in [-0.4, -0.2) is 71.5 Å². The summed E-state index contributed by atoms with van der Waals surface area (Å²) in [5.74, 6) is 1.04. The second-order valence-corrected chi connectivity index (χ2v) is 9.20. The number of anilines is 1. The van der Waals surface area contributed by atoms with E-state index >= 15 is 0 Å². The molecule has 2 saturated heterocycles. The summed E-state index contributed by atoms with van der Waals surface area (Å²) in [5.41, 5.74) is 2.22. The number of morpholine rings is 1. The van der Waals surface area contributed by atoms with Gasteiger partial charge in [-0.3, -0.25) is 9.48 Å². The van der Waals surface area contributed by atoms with Crippen molar-refractivity contribution in [3.63, 3.8) is 0 Å². The van der Waals surface area contributed by atoms with Gasteiger partial charge in [0.05, 0.1) is 36.0 Å². The Bertz CT molecular complexity index is 1360. The lowest BCUT2D eigenvalue weighted by Gasteiger charge is -2.29. The van der Waals surface area contributed by atoms with E-state index < -0.39 is 6.04 Å². The number of aryl methyl sites for hydroxylation is 1. The van der Waals surface area contributed by atoms with Crippen LogP contribution < -0.4 is 5.32 Å². The highest BCUT2D eigenvalue weighted by Crippen LogP contribution is 2.30. The van der Waals surface area contributed by atoms with Crippen LogP contribution in [-0.2, 0) is 16.6 Å². The van der Waals surface area contributed by atoms with Gasteiger partial charge in [-0.2, -0.15) is 9.61 Å². The van der Waals surface area contributed by atoms with E-state index in [1.807, 2.05) is 43.3 Å². The minimum atomic E-state index is -0.476. The van der Waals surface area contributed by atoms with Crippen LogP contribution in [0.3, 0.4) is 0 Å². The lowest BCUT2D eigenvalue weighted by Crippen LogP contribution is -2.47. The van der Waals surface area contributed by atoms with Crippen molar-refractivity contribution in [3.05, 3.63) is 35.1 Å². The third kappa shape index (κ3) is 3.06. The number of para-hydroxylation sites is 1. The number of benzene rings is 1. The lowest BCUT2D eigenvalue weighted by atomic mass is 10.2. The van der Waals surface area contributed by atoms with Gasteiger partial charge >= 0.3 is 0 Å². The largest absolute Gasteiger partial charge is 0.374 e. The molecule has 6 rings (SSSR count). The molecule has 10 nitrogen and oxygen atoms in total. The van der Waals surface area contributed by atoms with Crippen LogP contribution in [0.4, 0.5) is 5.95 Å². The molecule has 0 saturated carbocycles. The number of amides is 1. The van der Waals surface area contributed by atoms with Crippen molar-refractivity contribution >= 4 is 44.3 Å². The van der Waals surface area contributed by atoms with Crippen molar-refractivity contribution in [3.8, 4) is 11.4 Å². The Labute approximate surface area is 191 Å². The number of halogens is 1. The van der Waals surface area contributed by atoms with Crippen molar-refractivity contribution in [1.82, 2.24) is 34.3 Å². The summed E-state index contributed by atoms with van der Waals surface area (Å²) in [6.07, 6.45) is 4.67. The SMILES string of the molecule is C[C@@H](Nc1nc2c(Br)cccc2c2nc(-c3cnn(C)c3)nn12)C(=O)N1C[C@@H]2C[C@H]1CO2. The van der Waals surface area contributed by atoms with Crippen molar-refractivity contribution < 1.29 is 9.53 Å². The highest BCUT2D eigenvalue weighted by Gasteiger charge is 2.42. The van der Waals surface area contributed by atoms with Gasteiger partial charge in [-0.1, -0.05) is 6.07 Å². The third-order valence-electron chi connectivity index (χ3n) is 6.12. The molecule has 3 atom stereocenters. The van der Waals surface area contributed by atoms with Gasteiger partial charge in [-0.05, 0) is 41.4 Å². The summed E-state index contributed by atoms with van der Waals surface area (Å²) in [6, 6.07) is 5.53. The van der Waals surface area contributed by atoms with Crippen LogP contribution in [0.1, 0.15) is 13.3 Å². The highest BCUT2D eigenvalue weighted by molar-refractivity contribution is 9.10. The summed E-state index contributed by atoms with van der Waals surface area (Å²) in [6.45, 7) is 3.12. The van der Waals surface area contributed by atoms with Gasteiger partial charge < -0.3 is 15.0 Å². The van der Waals surface area contributed by atoms with Crippen LogP contribution in [0.15, 0.2) is 35.1 Å². The van der Waals surface area contributed by atoms with E-state index in [4.69, 9.17) is 19.8 Å². The first-order valence-electron chi connectivity index (χ1n) is 10.5. The fourth-order valence-corrected chi connectivity index (χ4v) is 4.98. The number of rotatable bonds is 4. The van der Waals surface area contributed by atoms with E-state index in [1.165, 1.54) is 0 Å². The Balaban J connectivity index is 1.42. The first-order chi connectivity index (χ1) is 15.5. The molecular formula is C21H21BrN8O2. The lowest BCUT2D eigenvalue weighted by molar-refractivity contribution is -0.136. The van der Waals surface area contributed by atoms with Gasteiger partial charge in [0.15, 0.2) is 11.5 Å². The molecule has 1 amide bonds. The van der Waals surface area contributed by atoms with Gasteiger partial charge in [-0.15, -0.1) is 5.10 Å². The number of carbonyl (C=O) groups excluding carboxylic acids is 1. The third-order valence-corrected chi connectivity index (χ3v) is 6.76. The summed E-state index contributed by atoms with van der Waals surface area (Å²) >= 11 is 3.59. The monoisotopic (exact) mass is 496 g/mol. The van der Waals surface area contributed by atoms with Crippen molar-refractivity contribution in [2.75, 3.05) is 18.5 Å². The Morgan fingerprint density at radius 3 is 2.94 bits per heavy atom. The normalized spacial score (nSPS) is 21.0. The minimum absolute atomic E-state index is 0.0376. The summed E-state index contributed by atoms with van der Waals surface area (Å²) < 4.78 is 9.86. The Morgan fingerprint density at radius 2 is 2.22 bits per heavy atom. The number of nitrogens with zero attached hydrogens (tertiary/aromatic N) is 7. The molecule has 164 valence electrons. The summed E-state index contributed by atoms with van der Waals surface area (Å²) in [5, 5.41) is 13.1. The van der Waals surface area contributed by atoms with E-state index in [0.717, 1.165) is 27.4 Å². The average Bonchev–Trinajstić information content (AvgIpc) is 3.57. The number of ether oxygens (including phenoxy) is 1. The van der Waals surface area contributed by atoms with E-state index in [1.54, 1.807) is 15.4 Å². The van der Waals surface area contributed by atoms with Crippen LogP contribution in [0, 0.1) is 0 Å². The molecule has 11 heteroatoms. The molecule has 1 aromatic carbocycles. The molecule has 2 fully saturated rings. The molecule has 2 bridgehead atoms. The zero-order valence-corrected chi connectivity index (χ0v) is 19.2. The van der Waals surface area contributed by atoms with Gasteiger partial charge in [0.25, 0.3) is 0 Å². The van der Waals surface area contributed by atoms with Crippen LogP contribution in [0.5, 0.6) is 0 Å². The molecule has 2 aliphatic rings. The van der Waals surface area contributed by atoms with Crippen molar-refractivity contribution in [1.29, 1.82) is 0 Å². The highest BCUT2D eigenvalue weighted by atomic mass is 79.9. The molecule has 3 aromatic heterocycles. The second kappa shape index (κ2) is 7.24. The van der Waals surface area contributed by atoms with Crippen LogP contribution in [0.25, 0.3) is 27.9 Å². The molecule has 2 aliphatic heterocycles. The molecule has 0 spiro atoms. The zero-order chi connectivity index (χ0) is 22.0. The molecule has 0 unspecified atom stereocenters. The van der Waals surface area contributed by atoms with E-state index in [2.05, 4.69) is 26.3 Å². The van der Waals surface area contributed by atoms with Gasteiger partial charge in [0, 0.05) is 29.6 Å². The predicted octanol–water partition coefficient (Wildman–Crippen LogP) is 2.24. The van der Waals surface area contributed by atoms with Gasteiger partial charge in [0.1, 0.15) is 6.04 Å². The van der Waals surface area contributed by atoms with Crippen LogP contribution >= 0.6 is 15.9 Å². The number of hydrogen-bond acceptors (Lipinski definition) is 7. The maximum absolute atomic E-state index is 13.2. The number of fused-ring (bicyclic) bond motifs is 5. The summed E-state index contributed by atoms with van der Waals surface area (Å²) in [7, 11) is 1.85. The molecule has 0 aliphatic carbocycles. The summed E-state index contributed by atoms with van der Waals surface area (Å²) in [4.78, 5) is 24.6. The minimum Gasteiger partial charge on any atom is -0.374 e. The number of likely N-dealkylation sites (tertiary alicyclic amines) is 1. The molecule has 0 radical (unpaired) electrons. The van der Waals surface area contributed by atoms with Gasteiger partial charge in [-0.25, -0.2) is 9.97 Å². The average molecular weight is 497 g/mol. The topological polar surface area (TPSA) is 102 Å². The Hall–Kier alpha value is -3.05. The molecule has 5 heterocycles. The first kappa shape index (κ1) is 19.6. The maximum Gasteiger partial charge on any atom is 0.245 e. The smallest absolute Gasteiger partial charge is 0.245 e. The predicted molar refractivity (Wildman–Crippen MR) is 121 cm³/mol. The number of hydrogen-bond donors (Lipinski definition) is 1. The second-order valence-electron chi connectivity index (χ2n) is 8.35. The van der Waals surface area contributed by atoms with Gasteiger partial charge in [0.2, 0.25) is 11.9 Å². The van der Waals surface area contributed by atoms with Crippen molar-refractivity contribution in [2.24, 2.45) is 7.05 Å². The number of carbonyl (C=O) groups is 1. The zero-order valence-electron chi connectivity index (χ0n) is 17.6. The fraction of sp³-hybridized carbons (Fsp3) is 0.381. The van der Waals surface area contributed by atoms with E-state index in [0.29, 0.717) is 30.6 Å². The fourth-order valence-electron chi connectivity index (χ4n) is 4.52. The van der Waals surface area contributed by atoms with E-state index in [9.17, 15) is 4.79 Å².